The lowest BCUT2D eigenvalue weighted by Crippen LogP contribution is -2.31. The predicted octanol–water partition coefficient (Wildman–Crippen LogP) is 2.80. The summed E-state index contributed by atoms with van der Waals surface area (Å²) >= 11 is 0. The number of aromatic nitrogens is 1. The highest BCUT2D eigenvalue weighted by atomic mass is 19.1. The van der Waals surface area contributed by atoms with Crippen molar-refractivity contribution >= 4 is 5.91 Å². The van der Waals surface area contributed by atoms with Gasteiger partial charge in [0.05, 0.1) is 11.7 Å². The summed E-state index contributed by atoms with van der Waals surface area (Å²) in [4.78, 5) is 16.3. The molecule has 1 fully saturated rings. The lowest BCUT2D eigenvalue weighted by molar-refractivity contribution is 0.0857. The summed E-state index contributed by atoms with van der Waals surface area (Å²) in [5, 5.41) is 2.86. The van der Waals surface area contributed by atoms with E-state index in [0.29, 0.717) is 12.1 Å². The Hall–Kier alpha value is -2.27. The summed E-state index contributed by atoms with van der Waals surface area (Å²) in [5.41, 5.74) is 2.09. The van der Waals surface area contributed by atoms with Crippen LogP contribution in [0.1, 0.15) is 23.2 Å². The van der Waals surface area contributed by atoms with E-state index < -0.39 is 0 Å². The Morgan fingerprint density at radius 1 is 1.27 bits per heavy atom. The molecule has 1 aromatic carbocycles. The van der Waals surface area contributed by atoms with Crippen LogP contribution in [0, 0.1) is 5.82 Å². The van der Waals surface area contributed by atoms with E-state index in [4.69, 9.17) is 4.74 Å². The van der Waals surface area contributed by atoms with Crippen molar-refractivity contribution in [2.45, 2.75) is 18.9 Å². The van der Waals surface area contributed by atoms with E-state index >= 15 is 0 Å². The van der Waals surface area contributed by atoms with Gasteiger partial charge in [-0.05, 0) is 36.6 Å². The molecule has 1 saturated heterocycles. The minimum atomic E-state index is -0.290. The monoisotopic (exact) mass is 300 g/mol. The molecule has 22 heavy (non-hydrogen) atoms. The van der Waals surface area contributed by atoms with Crippen LogP contribution in [0.3, 0.4) is 0 Å². The van der Waals surface area contributed by atoms with Crippen molar-refractivity contribution in [1.82, 2.24) is 10.3 Å². The first-order chi connectivity index (χ1) is 10.7. The molecule has 3 rings (SSSR count). The topological polar surface area (TPSA) is 51.2 Å². The van der Waals surface area contributed by atoms with Crippen LogP contribution in [0.5, 0.6) is 0 Å². The van der Waals surface area contributed by atoms with Gasteiger partial charge in [0.2, 0.25) is 0 Å². The molecule has 1 aromatic heterocycles. The SMILES string of the molecule is O=C(NCC1CCCO1)c1cncc(-c2ccc(F)cc2)c1. The average Bonchev–Trinajstić information content (AvgIpc) is 3.07. The van der Waals surface area contributed by atoms with E-state index in [-0.39, 0.29) is 17.8 Å². The molecular weight excluding hydrogens is 283 g/mol. The molecule has 0 saturated carbocycles. The first kappa shape index (κ1) is 14.7. The first-order valence-corrected chi connectivity index (χ1v) is 7.33. The highest BCUT2D eigenvalue weighted by molar-refractivity contribution is 5.95. The fourth-order valence-electron chi connectivity index (χ4n) is 2.48. The number of benzene rings is 1. The number of amides is 1. The molecule has 2 heterocycles. The maximum absolute atomic E-state index is 13.0. The third-order valence-corrected chi connectivity index (χ3v) is 3.69. The lowest BCUT2D eigenvalue weighted by Gasteiger charge is -2.11. The Morgan fingerprint density at radius 3 is 2.82 bits per heavy atom. The van der Waals surface area contributed by atoms with Gasteiger partial charge in [-0.2, -0.15) is 0 Å². The molecule has 5 heteroatoms. The Morgan fingerprint density at radius 2 is 2.09 bits per heavy atom. The number of pyridine rings is 1. The maximum Gasteiger partial charge on any atom is 0.252 e. The van der Waals surface area contributed by atoms with Crippen LogP contribution in [0.25, 0.3) is 11.1 Å². The van der Waals surface area contributed by atoms with Crippen LogP contribution >= 0.6 is 0 Å². The van der Waals surface area contributed by atoms with Gasteiger partial charge in [0, 0.05) is 31.1 Å². The zero-order chi connectivity index (χ0) is 15.4. The van der Waals surface area contributed by atoms with Gasteiger partial charge in [-0.1, -0.05) is 12.1 Å². The summed E-state index contributed by atoms with van der Waals surface area (Å²) in [6.07, 6.45) is 5.32. The van der Waals surface area contributed by atoms with E-state index in [1.54, 1.807) is 24.4 Å². The zero-order valence-corrected chi connectivity index (χ0v) is 12.1. The molecule has 2 aromatic rings. The van der Waals surface area contributed by atoms with Gasteiger partial charge in [0.1, 0.15) is 5.82 Å². The molecular formula is C17H17FN2O2. The summed E-state index contributed by atoms with van der Waals surface area (Å²) in [5.74, 6) is -0.464. The molecule has 114 valence electrons. The fraction of sp³-hybridized carbons (Fsp3) is 0.294. The number of nitrogens with zero attached hydrogens (tertiary/aromatic N) is 1. The lowest BCUT2D eigenvalue weighted by atomic mass is 10.1. The van der Waals surface area contributed by atoms with Crippen LogP contribution in [-0.4, -0.2) is 30.1 Å². The molecule has 1 N–H and O–H groups in total. The van der Waals surface area contributed by atoms with Crippen molar-refractivity contribution in [3.05, 3.63) is 54.1 Å². The molecule has 1 atom stereocenters. The Kier molecular flexibility index (Phi) is 4.44. The Bertz CT molecular complexity index is 652. The van der Waals surface area contributed by atoms with Crippen LogP contribution in [-0.2, 0) is 4.74 Å². The standard InChI is InChI=1S/C17H17FN2O2/c18-15-5-3-12(4-6-15)13-8-14(10-19-9-13)17(21)20-11-16-2-1-7-22-16/h3-6,8-10,16H,1-2,7,11H2,(H,20,21). The van der Waals surface area contributed by atoms with E-state index in [1.165, 1.54) is 18.3 Å². The normalized spacial score (nSPS) is 17.4. The molecule has 0 aliphatic carbocycles. The van der Waals surface area contributed by atoms with Crippen LogP contribution in [0.4, 0.5) is 4.39 Å². The van der Waals surface area contributed by atoms with Crippen molar-refractivity contribution in [2.75, 3.05) is 13.2 Å². The zero-order valence-electron chi connectivity index (χ0n) is 12.1. The van der Waals surface area contributed by atoms with Gasteiger partial charge in [-0.3, -0.25) is 9.78 Å². The highest BCUT2D eigenvalue weighted by Crippen LogP contribution is 2.19. The number of hydrogen-bond donors (Lipinski definition) is 1. The van der Waals surface area contributed by atoms with Gasteiger partial charge in [-0.15, -0.1) is 0 Å². The number of halogens is 1. The minimum Gasteiger partial charge on any atom is -0.376 e. The molecule has 1 aliphatic rings. The third kappa shape index (κ3) is 3.49. The van der Waals surface area contributed by atoms with Gasteiger partial charge >= 0.3 is 0 Å². The second-order valence-corrected chi connectivity index (χ2v) is 5.31. The van der Waals surface area contributed by atoms with Gasteiger partial charge < -0.3 is 10.1 Å². The quantitative estimate of drug-likeness (QED) is 0.944. The van der Waals surface area contributed by atoms with Gasteiger partial charge in [-0.25, -0.2) is 4.39 Å². The van der Waals surface area contributed by atoms with Crippen molar-refractivity contribution in [2.24, 2.45) is 0 Å². The van der Waals surface area contributed by atoms with E-state index in [0.717, 1.165) is 30.6 Å². The van der Waals surface area contributed by atoms with Crippen LogP contribution < -0.4 is 5.32 Å². The Balaban J connectivity index is 1.69. The summed E-state index contributed by atoms with van der Waals surface area (Å²) in [6.45, 7) is 1.28. The number of carbonyl (C=O) groups excluding carboxylic acids is 1. The van der Waals surface area contributed by atoms with Gasteiger partial charge in [0.15, 0.2) is 0 Å². The molecule has 0 bridgehead atoms. The van der Waals surface area contributed by atoms with E-state index in [1.807, 2.05) is 0 Å². The average molecular weight is 300 g/mol. The van der Waals surface area contributed by atoms with E-state index in [2.05, 4.69) is 10.3 Å². The molecule has 4 nitrogen and oxygen atoms in total. The predicted molar refractivity (Wildman–Crippen MR) is 80.9 cm³/mol. The summed E-state index contributed by atoms with van der Waals surface area (Å²) in [6, 6.07) is 7.87. The Labute approximate surface area is 128 Å². The second-order valence-electron chi connectivity index (χ2n) is 5.31. The molecule has 0 spiro atoms. The molecule has 1 aliphatic heterocycles. The number of ether oxygens (including phenoxy) is 1. The first-order valence-electron chi connectivity index (χ1n) is 7.33. The van der Waals surface area contributed by atoms with Crippen LogP contribution in [0.15, 0.2) is 42.7 Å². The second kappa shape index (κ2) is 6.66. The van der Waals surface area contributed by atoms with Crippen LogP contribution in [0.2, 0.25) is 0 Å². The van der Waals surface area contributed by atoms with Crippen molar-refractivity contribution in [3.8, 4) is 11.1 Å². The number of nitrogens with one attached hydrogen (secondary N) is 1. The molecule has 1 amide bonds. The maximum atomic E-state index is 13.0. The highest BCUT2D eigenvalue weighted by Gasteiger charge is 2.17. The number of rotatable bonds is 4. The largest absolute Gasteiger partial charge is 0.376 e. The molecule has 0 radical (unpaired) electrons. The van der Waals surface area contributed by atoms with Crippen molar-refractivity contribution < 1.29 is 13.9 Å². The summed E-state index contributed by atoms with van der Waals surface area (Å²) < 4.78 is 18.4. The number of hydrogen-bond acceptors (Lipinski definition) is 3. The summed E-state index contributed by atoms with van der Waals surface area (Å²) in [7, 11) is 0. The minimum absolute atomic E-state index is 0.109. The van der Waals surface area contributed by atoms with Crippen molar-refractivity contribution in [1.29, 1.82) is 0 Å². The fourth-order valence-corrected chi connectivity index (χ4v) is 2.48. The number of carbonyl (C=O) groups is 1. The third-order valence-electron chi connectivity index (χ3n) is 3.69. The van der Waals surface area contributed by atoms with E-state index in [9.17, 15) is 9.18 Å². The van der Waals surface area contributed by atoms with Gasteiger partial charge in [0.25, 0.3) is 5.91 Å². The smallest absolute Gasteiger partial charge is 0.252 e. The molecule has 1 unspecified atom stereocenters. The van der Waals surface area contributed by atoms with Crippen molar-refractivity contribution in [3.63, 3.8) is 0 Å².